The van der Waals surface area contributed by atoms with Gasteiger partial charge in [0.25, 0.3) is 5.91 Å². The average molecular weight is 416 g/mol. The minimum Gasteiger partial charge on any atom is -0.355 e. The van der Waals surface area contributed by atoms with E-state index in [4.69, 9.17) is 4.52 Å². The Labute approximate surface area is 166 Å². The van der Waals surface area contributed by atoms with E-state index in [9.17, 15) is 17.6 Å². The number of hydrogen-bond acceptors (Lipinski definition) is 6. The van der Waals surface area contributed by atoms with Gasteiger partial charge in [0.05, 0.1) is 4.90 Å². The second-order valence-electron chi connectivity index (χ2n) is 6.47. The molecule has 0 N–H and O–H groups in total. The molecule has 4 rings (SSSR count). The van der Waals surface area contributed by atoms with Gasteiger partial charge in [-0.05, 0) is 30.3 Å². The Bertz CT molecular complexity index is 1130. The van der Waals surface area contributed by atoms with Crippen molar-refractivity contribution in [1.29, 1.82) is 0 Å². The summed E-state index contributed by atoms with van der Waals surface area (Å²) in [5, 5.41) is 3.83. The van der Waals surface area contributed by atoms with E-state index < -0.39 is 15.8 Å². The zero-order valence-corrected chi connectivity index (χ0v) is 16.0. The standard InChI is InChI=1S/C19H17FN4O4S/c20-15-4-1-5-16(11-15)29(26,27)24-9-7-23(8-10-24)19(25)17-12-18(28-22-17)14-3-2-6-21-13-14/h1-6,11-13H,7-10H2. The van der Waals surface area contributed by atoms with Gasteiger partial charge in [-0.25, -0.2) is 12.8 Å². The van der Waals surface area contributed by atoms with Crippen molar-refractivity contribution < 1.29 is 22.1 Å². The van der Waals surface area contributed by atoms with Gasteiger partial charge in [-0.2, -0.15) is 4.31 Å². The summed E-state index contributed by atoms with van der Waals surface area (Å²) < 4.78 is 45.2. The topological polar surface area (TPSA) is 96.6 Å². The first-order chi connectivity index (χ1) is 13.9. The highest BCUT2D eigenvalue weighted by Gasteiger charge is 2.31. The molecule has 0 bridgehead atoms. The first-order valence-corrected chi connectivity index (χ1v) is 10.3. The van der Waals surface area contributed by atoms with Gasteiger partial charge >= 0.3 is 0 Å². The van der Waals surface area contributed by atoms with Crippen LogP contribution in [0.1, 0.15) is 10.5 Å². The molecule has 10 heteroatoms. The molecular weight excluding hydrogens is 399 g/mol. The number of aromatic nitrogens is 2. The first kappa shape index (κ1) is 19.2. The van der Waals surface area contributed by atoms with Crippen LogP contribution in [-0.4, -0.2) is 59.8 Å². The van der Waals surface area contributed by atoms with Crippen molar-refractivity contribution in [3.8, 4) is 11.3 Å². The number of benzene rings is 1. The maximum atomic E-state index is 13.4. The number of piperazine rings is 1. The van der Waals surface area contributed by atoms with E-state index in [0.29, 0.717) is 11.3 Å². The second kappa shape index (κ2) is 7.72. The van der Waals surface area contributed by atoms with Crippen LogP contribution in [-0.2, 0) is 10.0 Å². The fourth-order valence-electron chi connectivity index (χ4n) is 3.09. The van der Waals surface area contributed by atoms with Crippen molar-refractivity contribution in [2.45, 2.75) is 4.90 Å². The van der Waals surface area contributed by atoms with Gasteiger partial charge in [0.1, 0.15) is 5.82 Å². The number of pyridine rings is 1. The van der Waals surface area contributed by atoms with Crippen LogP contribution in [0.3, 0.4) is 0 Å². The smallest absolute Gasteiger partial charge is 0.276 e. The maximum Gasteiger partial charge on any atom is 0.276 e. The third-order valence-corrected chi connectivity index (χ3v) is 6.53. The zero-order chi connectivity index (χ0) is 20.4. The van der Waals surface area contributed by atoms with Gasteiger partial charge in [0, 0.05) is 50.2 Å². The molecule has 0 saturated carbocycles. The van der Waals surface area contributed by atoms with Gasteiger partial charge in [0.2, 0.25) is 10.0 Å². The number of rotatable bonds is 4. The van der Waals surface area contributed by atoms with Crippen LogP contribution in [0.25, 0.3) is 11.3 Å². The number of hydrogen-bond donors (Lipinski definition) is 0. The molecule has 1 fully saturated rings. The summed E-state index contributed by atoms with van der Waals surface area (Å²) >= 11 is 0. The molecule has 0 aliphatic carbocycles. The molecule has 3 aromatic rings. The number of sulfonamides is 1. The molecule has 1 aromatic carbocycles. The SMILES string of the molecule is O=C(c1cc(-c2cccnc2)on1)N1CCN(S(=O)(=O)c2cccc(F)c2)CC1. The monoisotopic (exact) mass is 416 g/mol. The summed E-state index contributed by atoms with van der Waals surface area (Å²) in [6.07, 6.45) is 3.23. The summed E-state index contributed by atoms with van der Waals surface area (Å²) in [4.78, 5) is 18.1. The zero-order valence-electron chi connectivity index (χ0n) is 15.2. The molecule has 8 nitrogen and oxygen atoms in total. The second-order valence-corrected chi connectivity index (χ2v) is 8.41. The summed E-state index contributed by atoms with van der Waals surface area (Å²) in [7, 11) is -3.82. The maximum absolute atomic E-state index is 13.4. The fourth-order valence-corrected chi connectivity index (χ4v) is 4.54. The highest BCUT2D eigenvalue weighted by Crippen LogP contribution is 2.22. The van der Waals surface area contributed by atoms with Crippen LogP contribution in [0.5, 0.6) is 0 Å². The number of halogens is 1. The fraction of sp³-hybridized carbons (Fsp3) is 0.211. The Morgan fingerprint density at radius 3 is 2.55 bits per heavy atom. The van der Waals surface area contributed by atoms with Crippen molar-refractivity contribution in [2.75, 3.05) is 26.2 Å². The lowest BCUT2D eigenvalue weighted by Crippen LogP contribution is -2.50. The van der Waals surface area contributed by atoms with Gasteiger partial charge in [-0.3, -0.25) is 9.78 Å². The molecule has 0 atom stereocenters. The summed E-state index contributed by atoms with van der Waals surface area (Å²) in [5.41, 5.74) is 0.843. The molecular formula is C19H17FN4O4S. The molecule has 1 saturated heterocycles. The van der Waals surface area contributed by atoms with Crippen molar-refractivity contribution in [1.82, 2.24) is 19.3 Å². The molecule has 150 valence electrons. The Morgan fingerprint density at radius 1 is 1.07 bits per heavy atom. The Balaban J connectivity index is 1.43. The van der Waals surface area contributed by atoms with Crippen molar-refractivity contribution >= 4 is 15.9 Å². The average Bonchev–Trinajstić information content (AvgIpc) is 3.24. The number of nitrogens with zero attached hydrogens (tertiary/aromatic N) is 4. The molecule has 1 aliphatic heterocycles. The summed E-state index contributed by atoms with van der Waals surface area (Å²) in [6, 6.07) is 9.96. The normalized spacial score (nSPS) is 15.4. The van der Waals surface area contributed by atoms with E-state index in [2.05, 4.69) is 10.1 Å². The van der Waals surface area contributed by atoms with Crippen molar-refractivity contribution in [3.63, 3.8) is 0 Å². The third-order valence-electron chi connectivity index (χ3n) is 4.64. The lowest BCUT2D eigenvalue weighted by atomic mass is 10.2. The van der Waals surface area contributed by atoms with Gasteiger partial charge in [-0.1, -0.05) is 11.2 Å². The molecule has 0 radical (unpaired) electrons. The minimum absolute atomic E-state index is 0.102. The highest BCUT2D eigenvalue weighted by atomic mass is 32.2. The number of carbonyl (C=O) groups excluding carboxylic acids is 1. The predicted octanol–water partition coefficient (Wildman–Crippen LogP) is 2.02. The third kappa shape index (κ3) is 3.89. The summed E-state index contributed by atoms with van der Waals surface area (Å²) in [6.45, 7) is 0.612. The lowest BCUT2D eigenvalue weighted by molar-refractivity contribution is 0.0687. The van der Waals surface area contributed by atoms with Gasteiger partial charge in [-0.15, -0.1) is 0 Å². The van der Waals surface area contributed by atoms with E-state index in [1.54, 1.807) is 24.5 Å². The lowest BCUT2D eigenvalue weighted by Gasteiger charge is -2.33. The molecule has 1 amide bonds. The number of amides is 1. The van der Waals surface area contributed by atoms with Crippen LogP contribution in [0, 0.1) is 5.82 Å². The molecule has 1 aliphatic rings. The van der Waals surface area contributed by atoms with E-state index in [0.717, 1.165) is 6.07 Å². The quantitative estimate of drug-likeness (QED) is 0.646. The van der Waals surface area contributed by atoms with E-state index in [-0.39, 0.29) is 42.7 Å². The number of carbonyl (C=O) groups is 1. The predicted molar refractivity (Wildman–Crippen MR) is 101 cm³/mol. The largest absolute Gasteiger partial charge is 0.355 e. The Morgan fingerprint density at radius 2 is 1.86 bits per heavy atom. The van der Waals surface area contributed by atoms with Crippen molar-refractivity contribution in [3.05, 3.63) is 66.4 Å². The van der Waals surface area contributed by atoms with E-state index in [1.807, 2.05) is 0 Å². The Hall–Kier alpha value is -3.11. The summed E-state index contributed by atoms with van der Waals surface area (Å²) in [5.74, 6) is -0.532. The molecule has 0 spiro atoms. The van der Waals surface area contributed by atoms with Crippen LogP contribution >= 0.6 is 0 Å². The van der Waals surface area contributed by atoms with E-state index in [1.165, 1.54) is 33.5 Å². The molecule has 2 aromatic heterocycles. The minimum atomic E-state index is -3.82. The van der Waals surface area contributed by atoms with Gasteiger partial charge < -0.3 is 9.42 Å². The first-order valence-electron chi connectivity index (χ1n) is 8.87. The molecule has 29 heavy (non-hydrogen) atoms. The van der Waals surface area contributed by atoms with Crippen LogP contribution in [0.4, 0.5) is 4.39 Å². The van der Waals surface area contributed by atoms with Crippen LogP contribution in [0.2, 0.25) is 0 Å². The van der Waals surface area contributed by atoms with Gasteiger partial charge in [0.15, 0.2) is 11.5 Å². The van der Waals surface area contributed by atoms with Crippen LogP contribution in [0.15, 0.2) is 64.3 Å². The molecule has 0 unspecified atom stereocenters. The highest BCUT2D eigenvalue weighted by molar-refractivity contribution is 7.89. The van der Waals surface area contributed by atoms with Crippen LogP contribution < -0.4 is 0 Å². The van der Waals surface area contributed by atoms with E-state index >= 15 is 0 Å². The Kier molecular flexibility index (Phi) is 5.12. The van der Waals surface area contributed by atoms with Crippen molar-refractivity contribution in [2.24, 2.45) is 0 Å². The molecule has 3 heterocycles.